The van der Waals surface area contributed by atoms with Crippen LogP contribution in [0.25, 0.3) is 0 Å². The van der Waals surface area contributed by atoms with Crippen LogP contribution in [0.4, 0.5) is 9.18 Å². The average Bonchev–Trinajstić information content (AvgIpc) is 2.57. The van der Waals surface area contributed by atoms with Crippen LogP contribution in [-0.2, 0) is 9.32 Å². The number of aliphatic hydroxyl groups excluding tert-OH is 1. The Hall–Kier alpha value is -0.860. The highest BCUT2D eigenvalue weighted by Gasteiger charge is 2.19. The highest BCUT2D eigenvalue weighted by Crippen LogP contribution is 2.36. The van der Waals surface area contributed by atoms with Gasteiger partial charge in [-0.3, -0.25) is 4.79 Å². The van der Waals surface area contributed by atoms with Crippen molar-refractivity contribution < 1.29 is 28.5 Å². The summed E-state index contributed by atoms with van der Waals surface area (Å²) in [6, 6.07) is -1.28. The summed E-state index contributed by atoms with van der Waals surface area (Å²) in [5, 5.41) is 13.1. The molecule has 0 heterocycles. The van der Waals surface area contributed by atoms with Gasteiger partial charge < -0.3 is 25.2 Å². The molecule has 2 atom stereocenters. The Labute approximate surface area is 150 Å². The molecule has 2 amide bonds. The molecule has 2 unspecified atom stereocenters. The number of hydrogen-bond donors (Lipinski definition) is 4. The first-order valence-corrected chi connectivity index (χ1v) is 9.84. The quantitative estimate of drug-likeness (QED) is 0.148. The maximum atomic E-state index is 12.2. The van der Waals surface area contributed by atoms with E-state index < -0.39 is 33.2 Å². The van der Waals surface area contributed by atoms with Crippen molar-refractivity contribution in [3.8, 4) is 0 Å². The molecule has 0 spiro atoms. The summed E-state index contributed by atoms with van der Waals surface area (Å²) in [5.74, 6) is -0.626. The number of unbranched alkanes of at least 4 members (excludes halogenated alkanes) is 2. The van der Waals surface area contributed by atoms with Crippen molar-refractivity contribution in [1.29, 1.82) is 0 Å². The van der Waals surface area contributed by atoms with Gasteiger partial charge in [0.25, 0.3) is 8.53 Å². The molecule has 0 saturated heterocycles. The second kappa shape index (κ2) is 15.4. The topological polar surface area (TPSA) is 111 Å². The lowest BCUT2D eigenvalue weighted by Gasteiger charge is -2.25. The number of amides is 2. The van der Waals surface area contributed by atoms with E-state index in [1.165, 1.54) is 0 Å². The highest BCUT2D eigenvalue weighted by atomic mass is 31.2. The zero-order chi connectivity index (χ0) is 19.1. The Morgan fingerprint density at radius 2 is 1.84 bits per heavy atom. The van der Waals surface area contributed by atoms with Crippen LogP contribution >= 0.6 is 8.53 Å². The molecule has 0 aromatic rings. The SMILES string of the molecule is CCCN(CCC)P(O)OCCCCCNC(=O)C(CO)NC(=O)F. The van der Waals surface area contributed by atoms with Gasteiger partial charge in [-0.15, -0.1) is 4.39 Å². The van der Waals surface area contributed by atoms with Crippen molar-refractivity contribution in [2.45, 2.75) is 52.0 Å². The highest BCUT2D eigenvalue weighted by molar-refractivity contribution is 7.43. The Kier molecular flexibility index (Phi) is 14.9. The Morgan fingerprint density at radius 1 is 1.20 bits per heavy atom. The van der Waals surface area contributed by atoms with Crippen LogP contribution in [0.5, 0.6) is 0 Å². The van der Waals surface area contributed by atoms with Gasteiger partial charge in [-0.1, -0.05) is 13.8 Å². The summed E-state index contributed by atoms with van der Waals surface area (Å²) in [6.45, 7) is 5.86. The summed E-state index contributed by atoms with van der Waals surface area (Å²) in [6.07, 6.45) is 2.26. The van der Waals surface area contributed by atoms with Crippen LogP contribution in [0.2, 0.25) is 0 Å². The van der Waals surface area contributed by atoms with E-state index in [4.69, 9.17) is 9.63 Å². The molecule has 148 valence electrons. The van der Waals surface area contributed by atoms with E-state index in [1.807, 2.05) is 4.67 Å². The van der Waals surface area contributed by atoms with Crippen molar-refractivity contribution in [3.05, 3.63) is 0 Å². The van der Waals surface area contributed by atoms with Crippen LogP contribution < -0.4 is 10.6 Å². The average molecular weight is 383 g/mol. The van der Waals surface area contributed by atoms with E-state index in [0.29, 0.717) is 19.6 Å². The van der Waals surface area contributed by atoms with E-state index >= 15 is 0 Å². The van der Waals surface area contributed by atoms with E-state index in [2.05, 4.69) is 19.2 Å². The molecule has 0 rings (SSSR count). The fraction of sp³-hybridized carbons (Fsp3) is 0.867. The van der Waals surface area contributed by atoms with Gasteiger partial charge in [-0.05, 0) is 32.1 Å². The van der Waals surface area contributed by atoms with Gasteiger partial charge in [0.05, 0.1) is 13.2 Å². The predicted molar refractivity (Wildman–Crippen MR) is 94.6 cm³/mol. The van der Waals surface area contributed by atoms with Crippen LogP contribution in [0, 0.1) is 0 Å². The molecular weight excluding hydrogens is 352 g/mol. The Balaban J connectivity index is 3.78. The zero-order valence-corrected chi connectivity index (χ0v) is 15.9. The first kappa shape index (κ1) is 24.1. The largest absolute Gasteiger partial charge is 0.398 e. The van der Waals surface area contributed by atoms with Crippen molar-refractivity contribution in [2.24, 2.45) is 0 Å². The maximum Gasteiger partial charge on any atom is 0.398 e. The molecule has 8 nitrogen and oxygen atoms in total. The number of rotatable bonds is 15. The van der Waals surface area contributed by atoms with Gasteiger partial charge in [0.15, 0.2) is 0 Å². The van der Waals surface area contributed by atoms with Gasteiger partial charge in [0.1, 0.15) is 6.04 Å². The molecule has 0 aliphatic rings. The summed E-state index contributed by atoms with van der Waals surface area (Å²) in [7, 11) is -1.55. The molecule has 0 bridgehead atoms. The molecule has 0 fully saturated rings. The Bertz CT molecular complexity index is 373. The zero-order valence-electron chi connectivity index (χ0n) is 15.0. The van der Waals surface area contributed by atoms with E-state index in [1.54, 1.807) is 5.32 Å². The molecule has 0 aromatic heterocycles. The number of carbonyl (C=O) groups excluding carboxylic acids is 2. The number of hydrogen-bond acceptors (Lipinski definition) is 6. The smallest absolute Gasteiger partial charge is 0.394 e. The van der Waals surface area contributed by atoms with Crippen LogP contribution in [0.3, 0.4) is 0 Å². The van der Waals surface area contributed by atoms with Gasteiger partial charge in [-0.2, -0.15) is 0 Å². The van der Waals surface area contributed by atoms with Crippen molar-refractivity contribution >= 4 is 20.6 Å². The molecule has 25 heavy (non-hydrogen) atoms. The summed E-state index contributed by atoms with van der Waals surface area (Å²) in [4.78, 5) is 31.8. The lowest BCUT2D eigenvalue weighted by atomic mass is 10.2. The second-order valence-electron chi connectivity index (χ2n) is 5.54. The predicted octanol–water partition coefficient (Wildman–Crippen LogP) is 1.67. The number of aliphatic hydroxyl groups is 1. The first-order chi connectivity index (χ1) is 12.0. The first-order valence-electron chi connectivity index (χ1n) is 8.67. The molecule has 0 saturated carbocycles. The second-order valence-corrected chi connectivity index (χ2v) is 6.87. The molecule has 10 heteroatoms. The maximum absolute atomic E-state index is 12.2. The summed E-state index contributed by atoms with van der Waals surface area (Å²) < 4.78 is 19.6. The van der Waals surface area contributed by atoms with Crippen molar-refractivity contribution in [1.82, 2.24) is 15.3 Å². The standard InChI is InChI=1S/C15H31FN3O5P/c1-3-9-19(10-4-2)25(23)24-11-7-5-6-8-17-14(21)13(12-20)18-15(16)22/h13,20,23H,3-12H2,1-2H3,(H,17,21)(H,18,22). The van der Waals surface area contributed by atoms with Gasteiger partial charge in [-0.25, -0.2) is 9.46 Å². The summed E-state index contributed by atoms with van der Waals surface area (Å²) in [5.41, 5.74) is 0. The van der Waals surface area contributed by atoms with Crippen LogP contribution in [0.15, 0.2) is 0 Å². The number of nitrogens with one attached hydrogen (secondary N) is 2. The van der Waals surface area contributed by atoms with Gasteiger partial charge in [0, 0.05) is 19.6 Å². The molecule has 0 aliphatic carbocycles. The fourth-order valence-electron chi connectivity index (χ4n) is 2.10. The van der Waals surface area contributed by atoms with Crippen molar-refractivity contribution in [2.75, 3.05) is 32.8 Å². The molecule has 4 N–H and O–H groups in total. The molecule has 0 aromatic carbocycles. The van der Waals surface area contributed by atoms with Crippen LogP contribution in [-0.4, -0.2) is 65.6 Å². The lowest BCUT2D eigenvalue weighted by molar-refractivity contribution is -0.123. The third kappa shape index (κ3) is 12.2. The molecular formula is C15H31FN3O5P. The number of nitrogens with zero attached hydrogens (tertiary/aromatic N) is 1. The minimum absolute atomic E-state index is 0.350. The van der Waals surface area contributed by atoms with Gasteiger partial charge >= 0.3 is 6.16 Å². The minimum atomic E-state index is -1.85. The van der Waals surface area contributed by atoms with E-state index in [-0.39, 0.29) is 0 Å². The van der Waals surface area contributed by atoms with E-state index in [0.717, 1.165) is 38.8 Å². The summed E-state index contributed by atoms with van der Waals surface area (Å²) >= 11 is 0. The monoisotopic (exact) mass is 383 g/mol. The molecule has 0 aliphatic heterocycles. The lowest BCUT2D eigenvalue weighted by Crippen LogP contribution is -2.47. The third-order valence-corrected chi connectivity index (χ3v) is 4.62. The van der Waals surface area contributed by atoms with Crippen molar-refractivity contribution in [3.63, 3.8) is 0 Å². The van der Waals surface area contributed by atoms with Gasteiger partial charge in [0.2, 0.25) is 5.91 Å². The fourth-order valence-corrected chi connectivity index (χ4v) is 3.29. The molecule has 0 radical (unpaired) electrons. The minimum Gasteiger partial charge on any atom is -0.394 e. The third-order valence-electron chi connectivity index (χ3n) is 3.32. The normalized spacial score (nSPS) is 13.5. The number of carbonyl (C=O) groups is 2. The number of halogens is 1. The van der Waals surface area contributed by atoms with E-state index in [9.17, 15) is 18.9 Å². The van der Waals surface area contributed by atoms with Crippen LogP contribution in [0.1, 0.15) is 46.0 Å². The Morgan fingerprint density at radius 3 is 2.36 bits per heavy atom.